The van der Waals surface area contributed by atoms with Crippen molar-refractivity contribution in [2.75, 3.05) is 0 Å². The summed E-state index contributed by atoms with van der Waals surface area (Å²) < 4.78 is 0. The van der Waals surface area contributed by atoms with E-state index in [1.807, 2.05) is 30.3 Å². The van der Waals surface area contributed by atoms with Gasteiger partial charge in [0.15, 0.2) is 0 Å². The number of carbonyl (C=O) groups excluding carboxylic acids is 1. The first-order valence-corrected chi connectivity index (χ1v) is 3.26. The molecule has 0 radical (unpaired) electrons. The molecule has 0 aliphatic carbocycles. The molecule has 1 aromatic carbocycles. The number of benzene rings is 1. The van der Waals surface area contributed by atoms with Gasteiger partial charge in [0.2, 0.25) is 0 Å². The third-order valence-electron chi connectivity index (χ3n) is 0.733. The molecule has 0 bridgehead atoms. The molecule has 2 amide bonds. The van der Waals surface area contributed by atoms with E-state index in [0.717, 1.165) is 5.02 Å². The third kappa shape index (κ3) is 8.78. The number of nitrogens with two attached hydrogens (primary N) is 2. The van der Waals surface area contributed by atoms with Crippen LogP contribution in [-0.4, -0.2) is 6.03 Å². The Hall–Kier alpha value is -1.22. The summed E-state index contributed by atoms with van der Waals surface area (Å²) in [5.74, 6) is 0. The lowest BCUT2D eigenvalue weighted by Gasteiger charge is -1.80. The zero-order valence-corrected chi connectivity index (χ0v) is 6.58. The van der Waals surface area contributed by atoms with Gasteiger partial charge in [-0.05, 0) is 12.1 Å². The normalized spacial score (nSPS) is 7.73. The van der Waals surface area contributed by atoms with Gasteiger partial charge in [-0.2, -0.15) is 0 Å². The van der Waals surface area contributed by atoms with Gasteiger partial charge in [0.1, 0.15) is 0 Å². The number of primary amides is 2. The van der Waals surface area contributed by atoms with Gasteiger partial charge in [-0.1, -0.05) is 29.8 Å². The predicted octanol–water partition coefficient (Wildman–Crippen LogP) is 1.36. The predicted molar refractivity (Wildman–Crippen MR) is 45.2 cm³/mol. The van der Waals surface area contributed by atoms with E-state index in [9.17, 15) is 0 Å². The third-order valence-corrected chi connectivity index (χ3v) is 0.985. The number of rotatable bonds is 0. The summed E-state index contributed by atoms with van der Waals surface area (Å²) in [6.07, 6.45) is 0. The summed E-state index contributed by atoms with van der Waals surface area (Å²) in [5.41, 5.74) is 8.50. The van der Waals surface area contributed by atoms with E-state index in [2.05, 4.69) is 11.5 Å². The van der Waals surface area contributed by atoms with Crippen LogP contribution >= 0.6 is 11.6 Å². The highest BCUT2D eigenvalue weighted by Crippen LogP contribution is 2.03. The highest BCUT2D eigenvalue weighted by Gasteiger charge is 1.74. The summed E-state index contributed by atoms with van der Waals surface area (Å²) in [4.78, 5) is 9.00. The Balaban J connectivity index is 0.000000218. The van der Waals surface area contributed by atoms with E-state index in [-0.39, 0.29) is 0 Å². The molecule has 0 saturated heterocycles. The second-order valence-electron chi connectivity index (χ2n) is 1.70. The Labute approximate surface area is 69.9 Å². The van der Waals surface area contributed by atoms with Crippen LogP contribution < -0.4 is 11.5 Å². The van der Waals surface area contributed by atoms with Crippen LogP contribution in [0.5, 0.6) is 0 Å². The van der Waals surface area contributed by atoms with Gasteiger partial charge in [-0.15, -0.1) is 0 Å². The number of hydrogen-bond acceptors (Lipinski definition) is 1. The molecule has 1 aromatic rings. The maximum Gasteiger partial charge on any atom is 0.309 e. The van der Waals surface area contributed by atoms with E-state index < -0.39 is 6.03 Å². The summed E-state index contributed by atoms with van der Waals surface area (Å²) in [5, 5.41) is 0.794. The van der Waals surface area contributed by atoms with Gasteiger partial charge in [-0.25, -0.2) is 4.79 Å². The molecule has 0 unspecified atom stereocenters. The van der Waals surface area contributed by atoms with E-state index in [0.29, 0.717) is 0 Å². The summed E-state index contributed by atoms with van der Waals surface area (Å²) >= 11 is 5.54. The van der Waals surface area contributed by atoms with Crippen LogP contribution in [0, 0.1) is 0 Å². The molecule has 0 heterocycles. The van der Waals surface area contributed by atoms with Crippen molar-refractivity contribution < 1.29 is 4.79 Å². The minimum Gasteiger partial charge on any atom is -0.352 e. The molecule has 0 aliphatic heterocycles. The van der Waals surface area contributed by atoms with Crippen molar-refractivity contribution in [2.45, 2.75) is 0 Å². The number of hydrogen-bond donors (Lipinski definition) is 2. The van der Waals surface area contributed by atoms with Crippen molar-refractivity contribution in [1.29, 1.82) is 0 Å². The fourth-order valence-corrected chi connectivity index (χ4v) is 0.560. The average Bonchev–Trinajstić information content (AvgIpc) is 1.87. The van der Waals surface area contributed by atoms with Crippen molar-refractivity contribution in [3.05, 3.63) is 35.4 Å². The first-order valence-electron chi connectivity index (χ1n) is 2.88. The molecular weight excluding hydrogens is 164 g/mol. The Bertz CT molecular complexity index is 209. The SMILES string of the molecule is Clc1ccccc1.NC(N)=O. The number of halogens is 1. The average molecular weight is 173 g/mol. The van der Waals surface area contributed by atoms with E-state index in [1.54, 1.807) is 0 Å². The largest absolute Gasteiger partial charge is 0.352 e. The molecule has 3 nitrogen and oxygen atoms in total. The zero-order valence-electron chi connectivity index (χ0n) is 5.83. The van der Waals surface area contributed by atoms with Crippen molar-refractivity contribution in [2.24, 2.45) is 11.5 Å². The molecule has 11 heavy (non-hydrogen) atoms. The van der Waals surface area contributed by atoms with Crippen molar-refractivity contribution >= 4 is 17.6 Å². The zero-order chi connectivity index (χ0) is 8.69. The molecule has 60 valence electrons. The maximum atomic E-state index is 9.00. The van der Waals surface area contributed by atoms with Gasteiger partial charge in [0, 0.05) is 5.02 Å². The fraction of sp³-hybridized carbons (Fsp3) is 0. The van der Waals surface area contributed by atoms with Crippen molar-refractivity contribution in [3.8, 4) is 0 Å². The number of amides is 2. The highest BCUT2D eigenvalue weighted by atomic mass is 35.5. The van der Waals surface area contributed by atoms with Crippen LogP contribution in [0.1, 0.15) is 0 Å². The fourth-order valence-electron chi connectivity index (χ4n) is 0.415. The van der Waals surface area contributed by atoms with Gasteiger partial charge in [0.25, 0.3) is 0 Å². The van der Waals surface area contributed by atoms with Gasteiger partial charge >= 0.3 is 6.03 Å². The molecular formula is C7H9ClN2O. The molecule has 0 atom stereocenters. The van der Waals surface area contributed by atoms with Crippen molar-refractivity contribution in [3.63, 3.8) is 0 Å². The lowest BCUT2D eigenvalue weighted by atomic mass is 10.4. The van der Waals surface area contributed by atoms with E-state index in [4.69, 9.17) is 16.4 Å². The van der Waals surface area contributed by atoms with Gasteiger partial charge < -0.3 is 11.5 Å². The number of urea groups is 1. The lowest BCUT2D eigenvalue weighted by Crippen LogP contribution is -2.18. The summed E-state index contributed by atoms with van der Waals surface area (Å²) in [7, 11) is 0. The first-order chi connectivity index (χ1) is 5.13. The molecule has 0 spiro atoms. The maximum absolute atomic E-state index is 9.00. The van der Waals surface area contributed by atoms with Crippen LogP contribution in [0.15, 0.2) is 30.3 Å². The van der Waals surface area contributed by atoms with Crippen LogP contribution in [-0.2, 0) is 0 Å². The quantitative estimate of drug-likeness (QED) is 0.610. The minimum atomic E-state index is -0.833. The topological polar surface area (TPSA) is 69.1 Å². The Morgan fingerprint density at radius 3 is 1.73 bits per heavy atom. The standard InChI is InChI=1S/C6H5Cl.CH4N2O/c7-6-4-2-1-3-5-6;2-1(3)4/h1-5H;(H4,2,3,4). The molecule has 0 fully saturated rings. The van der Waals surface area contributed by atoms with Crippen LogP contribution in [0.4, 0.5) is 4.79 Å². The van der Waals surface area contributed by atoms with Crippen LogP contribution in [0.25, 0.3) is 0 Å². The Morgan fingerprint density at radius 2 is 1.55 bits per heavy atom. The van der Waals surface area contributed by atoms with Crippen LogP contribution in [0.2, 0.25) is 5.02 Å². The second-order valence-corrected chi connectivity index (χ2v) is 2.13. The molecule has 0 saturated carbocycles. The molecule has 0 aliphatic rings. The van der Waals surface area contributed by atoms with Crippen molar-refractivity contribution in [1.82, 2.24) is 0 Å². The lowest BCUT2D eigenvalue weighted by molar-refractivity contribution is 0.256. The highest BCUT2D eigenvalue weighted by molar-refractivity contribution is 6.30. The molecule has 4 heteroatoms. The smallest absolute Gasteiger partial charge is 0.309 e. The summed E-state index contributed by atoms with van der Waals surface area (Å²) in [6.45, 7) is 0. The Morgan fingerprint density at radius 1 is 1.18 bits per heavy atom. The molecule has 0 aromatic heterocycles. The van der Waals surface area contributed by atoms with E-state index in [1.165, 1.54) is 0 Å². The van der Waals surface area contributed by atoms with Gasteiger partial charge in [-0.3, -0.25) is 0 Å². The first kappa shape index (κ1) is 9.78. The molecule has 1 rings (SSSR count). The molecule has 4 N–H and O–H groups in total. The Kier molecular flexibility index (Phi) is 4.94. The second kappa shape index (κ2) is 5.56. The monoisotopic (exact) mass is 172 g/mol. The van der Waals surface area contributed by atoms with E-state index >= 15 is 0 Å². The number of carbonyl (C=O) groups is 1. The minimum absolute atomic E-state index is 0.794. The van der Waals surface area contributed by atoms with Gasteiger partial charge in [0.05, 0.1) is 0 Å². The summed E-state index contributed by atoms with van der Waals surface area (Å²) in [6, 6.07) is 8.61. The van der Waals surface area contributed by atoms with Crippen LogP contribution in [0.3, 0.4) is 0 Å².